The highest BCUT2D eigenvalue weighted by molar-refractivity contribution is 7.21. The van der Waals surface area contributed by atoms with Crippen LogP contribution in [0.25, 0.3) is 31.0 Å². The molecule has 6 nitrogen and oxygen atoms in total. The molecule has 0 aliphatic rings. The van der Waals surface area contributed by atoms with E-state index in [9.17, 15) is 9.59 Å². The van der Waals surface area contributed by atoms with Gasteiger partial charge in [0.1, 0.15) is 5.01 Å². The molecule has 8 heteroatoms. The monoisotopic (exact) mass is 501 g/mol. The van der Waals surface area contributed by atoms with Gasteiger partial charge in [0, 0.05) is 17.7 Å². The number of nitrogens with zero attached hydrogens (tertiary/aromatic N) is 2. The number of ether oxygens (including phenoxy) is 1. The van der Waals surface area contributed by atoms with E-state index in [-0.39, 0.29) is 24.9 Å². The molecule has 176 valence electrons. The van der Waals surface area contributed by atoms with Crippen LogP contribution in [-0.2, 0) is 20.7 Å². The molecule has 0 unspecified atom stereocenters. The van der Waals surface area contributed by atoms with Crippen LogP contribution in [-0.4, -0.2) is 28.5 Å². The second-order valence-electron chi connectivity index (χ2n) is 8.21. The average molecular weight is 502 g/mol. The number of thiazole rings is 2. The van der Waals surface area contributed by atoms with Crippen molar-refractivity contribution < 1.29 is 14.3 Å². The van der Waals surface area contributed by atoms with E-state index in [2.05, 4.69) is 34.3 Å². The Morgan fingerprint density at radius 3 is 2.54 bits per heavy atom. The minimum Gasteiger partial charge on any atom is -0.456 e. The van der Waals surface area contributed by atoms with Gasteiger partial charge in [0.25, 0.3) is 5.91 Å². The number of rotatable bonds is 8. The van der Waals surface area contributed by atoms with Crippen molar-refractivity contribution in [3.8, 4) is 10.6 Å². The highest BCUT2D eigenvalue weighted by Gasteiger charge is 2.11. The summed E-state index contributed by atoms with van der Waals surface area (Å²) in [5.74, 6) is -0.754. The Hall–Kier alpha value is -3.62. The van der Waals surface area contributed by atoms with Crippen LogP contribution in [0.4, 0.5) is 5.69 Å². The molecule has 1 amide bonds. The molecule has 1 N–H and O–H groups in total. The quantitative estimate of drug-likeness (QED) is 0.249. The maximum atomic E-state index is 12.2. The normalized spacial score (nSPS) is 11.1. The lowest BCUT2D eigenvalue weighted by atomic mass is 10.2. The van der Waals surface area contributed by atoms with Gasteiger partial charge in [-0.05, 0) is 73.9 Å². The molecule has 0 atom stereocenters. The Bertz CT molecular complexity index is 1470. The van der Waals surface area contributed by atoms with Crippen molar-refractivity contribution in [3.05, 3.63) is 77.3 Å². The van der Waals surface area contributed by atoms with E-state index in [0.717, 1.165) is 36.0 Å². The number of fused-ring (bicyclic) bond motifs is 2. The van der Waals surface area contributed by atoms with Gasteiger partial charge in [0.15, 0.2) is 6.61 Å². The first kappa shape index (κ1) is 23.1. The summed E-state index contributed by atoms with van der Waals surface area (Å²) in [6.07, 6.45) is 1.59. The number of carbonyl (C=O) groups is 2. The Kier molecular flexibility index (Phi) is 6.83. The third-order valence-corrected chi connectivity index (χ3v) is 7.60. The van der Waals surface area contributed by atoms with E-state index in [1.165, 1.54) is 5.56 Å². The molecule has 0 aliphatic heterocycles. The van der Waals surface area contributed by atoms with Crippen LogP contribution in [0.2, 0.25) is 0 Å². The first-order chi connectivity index (χ1) is 17.0. The first-order valence-electron chi connectivity index (χ1n) is 11.3. The molecule has 0 fully saturated rings. The number of anilines is 1. The zero-order valence-electron chi connectivity index (χ0n) is 19.1. The van der Waals surface area contributed by atoms with Crippen LogP contribution in [0.3, 0.4) is 0 Å². The van der Waals surface area contributed by atoms with Crippen LogP contribution in [0, 0.1) is 6.92 Å². The fourth-order valence-electron chi connectivity index (χ4n) is 3.68. The summed E-state index contributed by atoms with van der Waals surface area (Å²) in [5.41, 5.74) is 4.80. The summed E-state index contributed by atoms with van der Waals surface area (Å²) in [7, 11) is 0. The van der Waals surface area contributed by atoms with Crippen molar-refractivity contribution in [2.75, 3.05) is 11.9 Å². The van der Waals surface area contributed by atoms with E-state index >= 15 is 0 Å². The third kappa shape index (κ3) is 5.72. The van der Waals surface area contributed by atoms with E-state index < -0.39 is 0 Å². The number of benzene rings is 3. The van der Waals surface area contributed by atoms with Crippen LogP contribution in [0.15, 0.2) is 66.7 Å². The van der Waals surface area contributed by atoms with E-state index in [0.29, 0.717) is 18.5 Å². The number of hydrogen-bond acceptors (Lipinski definition) is 7. The zero-order chi connectivity index (χ0) is 24.2. The third-order valence-electron chi connectivity index (χ3n) is 5.43. The molecule has 0 spiro atoms. The molecule has 2 heterocycles. The van der Waals surface area contributed by atoms with Crippen LogP contribution < -0.4 is 5.32 Å². The molecule has 2 aromatic heterocycles. The number of aromatic nitrogens is 2. The minimum atomic E-state index is -0.386. The number of hydrogen-bond donors (Lipinski definition) is 1. The maximum Gasteiger partial charge on any atom is 0.306 e. The van der Waals surface area contributed by atoms with Gasteiger partial charge in [-0.3, -0.25) is 9.59 Å². The van der Waals surface area contributed by atoms with Crippen molar-refractivity contribution in [1.29, 1.82) is 0 Å². The Morgan fingerprint density at radius 1 is 0.914 bits per heavy atom. The molecule has 0 aliphatic carbocycles. The van der Waals surface area contributed by atoms with Crippen LogP contribution >= 0.6 is 22.7 Å². The van der Waals surface area contributed by atoms with Gasteiger partial charge in [-0.25, -0.2) is 9.97 Å². The van der Waals surface area contributed by atoms with Gasteiger partial charge in [-0.2, -0.15) is 0 Å². The highest BCUT2D eigenvalue weighted by atomic mass is 32.1. The molecule has 0 saturated heterocycles. The molecule has 35 heavy (non-hydrogen) atoms. The molecular weight excluding hydrogens is 478 g/mol. The van der Waals surface area contributed by atoms with E-state index in [1.807, 2.05) is 54.6 Å². The first-order valence-corrected chi connectivity index (χ1v) is 12.9. The van der Waals surface area contributed by atoms with E-state index in [4.69, 9.17) is 4.74 Å². The van der Waals surface area contributed by atoms with E-state index in [1.54, 1.807) is 22.7 Å². The van der Waals surface area contributed by atoms with Gasteiger partial charge in [-0.1, -0.05) is 18.2 Å². The Labute approximate surface area is 210 Å². The minimum absolute atomic E-state index is 0.250. The molecule has 0 saturated carbocycles. The Balaban J connectivity index is 1.07. The van der Waals surface area contributed by atoms with Gasteiger partial charge in [0.05, 0.1) is 25.4 Å². The fourth-order valence-corrected chi connectivity index (χ4v) is 5.76. The molecular formula is C27H23N3O3S2. The number of carbonyl (C=O) groups excluding carboxylic acids is 2. The summed E-state index contributed by atoms with van der Waals surface area (Å²) in [5, 5.41) is 4.70. The summed E-state index contributed by atoms with van der Waals surface area (Å²) in [6.45, 7) is 1.76. The van der Waals surface area contributed by atoms with Crippen LogP contribution in [0.5, 0.6) is 0 Å². The largest absolute Gasteiger partial charge is 0.456 e. The highest BCUT2D eigenvalue weighted by Crippen LogP contribution is 2.31. The van der Waals surface area contributed by atoms with Crippen molar-refractivity contribution in [3.63, 3.8) is 0 Å². The second-order valence-corrected chi connectivity index (χ2v) is 10.4. The zero-order valence-corrected chi connectivity index (χ0v) is 20.7. The van der Waals surface area contributed by atoms with Crippen molar-refractivity contribution in [2.45, 2.75) is 26.2 Å². The van der Waals surface area contributed by atoms with Crippen molar-refractivity contribution in [1.82, 2.24) is 9.97 Å². The molecule has 5 rings (SSSR count). The predicted molar refractivity (Wildman–Crippen MR) is 142 cm³/mol. The Morgan fingerprint density at radius 2 is 1.71 bits per heavy atom. The number of esters is 1. The average Bonchev–Trinajstić information content (AvgIpc) is 3.46. The van der Waals surface area contributed by atoms with Gasteiger partial charge in [-0.15, -0.1) is 22.7 Å². The van der Waals surface area contributed by atoms with Crippen LogP contribution in [0.1, 0.15) is 23.4 Å². The summed E-state index contributed by atoms with van der Waals surface area (Å²) in [6, 6.07) is 21.7. The summed E-state index contributed by atoms with van der Waals surface area (Å²) in [4.78, 5) is 33.5. The second kappa shape index (κ2) is 10.3. The lowest BCUT2D eigenvalue weighted by molar-refractivity contribution is -0.147. The molecule has 0 bridgehead atoms. The van der Waals surface area contributed by atoms with Gasteiger partial charge < -0.3 is 10.1 Å². The number of amides is 1. The standard InChI is InChI=1S/C27H23N3O3S2/c1-17-9-14-21-23(15-17)35-27(30-21)18-10-12-19(13-11-18)28-24(31)16-33-26(32)8-4-7-25-29-20-5-2-3-6-22(20)34-25/h2-3,5-6,9-15H,4,7-8,16H2,1H3,(H,28,31). The maximum absolute atomic E-state index is 12.2. The topological polar surface area (TPSA) is 81.2 Å². The summed E-state index contributed by atoms with van der Waals surface area (Å²) >= 11 is 3.28. The summed E-state index contributed by atoms with van der Waals surface area (Å²) < 4.78 is 7.43. The fraction of sp³-hybridized carbons (Fsp3) is 0.185. The lowest BCUT2D eigenvalue weighted by Crippen LogP contribution is -2.20. The molecule has 5 aromatic rings. The SMILES string of the molecule is Cc1ccc2nc(-c3ccc(NC(=O)COC(=O)CCCc4nc5ccccc5s4)cc3)sc2c1. The number of aryl methyl sites for hydroxylation is 2. The van der Waals surface area contributed by atoms with Crippen molar-refractivity contribution in [2.24, 2.45) is 0 Å². The van der Waals surface area contributed by atoms with Crippen molar-refractivity contribution >= 4 is 60.7 Å². The van der Waals surface area contributed by atoms with Gasteiger partial charge in [0.2, 0.25) is 0 Å². The smallest absolute Gasteiger partial charge is 0.306 e. The number of para-hydroxylation sites is 1. The molecule has 0 radical (unpaired) electrons. The predicted octanol–water partition coefficient (Wildman–Crippen LogP) is 6.39. The lowest BCUT2D eigenvalue weighted by Gasteiger charge is -2.07. The number of nitrogens with one attached hydrogen (secondary N) is 1. The molecule has 3 aromatic carbocycles. The van der Waals surface area contributed by atoms with Gasteiger partial charge >= 0.3 is 5.97 Å².